The Morgan fingerprint density at radius 1 is 0.618 bits per heavy atom. The van der Waals surface area contributed by atoms with Gasteiger partial charge in [0.05, 0.1) is 0 Å². The molecule has 1 aliphatic rings. The van der Waals surface area contributed by atoms with E-state index in [-0.39, 0.29) is 36.4 Å². The van der Waals surface area contributed by atoms with Crippen molar-refractivity contribution in [2.45, 2.75) is 52.4 Å². The number of hydrogen-bond acceptors (Lipinski definition) is 2. The second kappa shape index (κ2) is 9.94. The molecular formula is C31H32IrN2-2. The average Bonchev–Trinajstić information content (AvgIpc) is 2.95. The molecule has 5 rings (SSSR count). The third-order valence-electron chi connectivity index (χ3n) is 8.01. The van der Waals surface area contributed by atoms with E-state index in [0.29, 0.717) is 0 Å². The molecule has 0 spiro atoms. The summed E-state index contributed by atoms with van der Waals surface area (Å²) in [5.41, 5.74) is 7.44. The fraction of sp³-hybridized carbons (Fsp3) is 0.290. The number of pyridine rings is 2. The first kappa shape index (κ1) is 26.0. The molecule has 4 aromatic rings. The molecule has 2 aromatic heterocycles. The van der Waals surface area contributed by atoms with Gasteiger partial charge in [-0.05, 0) is 39.8 Å². The summed E-state index contributed by atoms with van der Waals surface area (Å²) in [4.78, 5) is 8.68. The predicted octanol–water partition coefficient (Wildman–Crippen LogP) is 7.69. The van der Waals surface area contributed by atoms with Gasteiger partial charge in [0, 0.05) is 32.5 Å². The summed E-state index contributed by atoms with van der Waals surface area (Å²) in [5, 5.41) is 0. The second-order valence-corrected chi connectivity index (χ2v) is 10.3. The van der Waals surface area contributed by atoms with Crippen LogP contribution in [0.3, 0.4) is 0 Å². The molecule has 1 radical (unpaired) electrons. The minimum atomic E-state index is 0. The topological polar surface area (TPSA) is 25.8 Å². The van der Waals surface area contributed by atoms with Crippen molar-refractivity contribution in [3.05, 3.63) is 108 Å². The molecule has 0 N–H and O–H groups in total. The molecule has 0 amide bonds. The van der Waals surface area contributed by atoms with Crippen LogP contribution in [0.15, 0.2) is 85.2 Å². The van der Waals surface area contributed by atoms with Gasteiger partial charge in [0.15, 0.2) is 0 Å². The molecule has 0 fully saturated rings. The van der Waals surface area contributed by atoms with Crippen LogP contribution in [-0.2, 0) is 30.9 Å². The molecule has 0 unspecified atom stereocenters. The van der Waals surface area contributed by atoms with Crippen LogP contribution in [0.1, 0.15) is 52.7 Å². The number of hydrogen-bond donors (Lipinski definition) is 0. The minimum Gasteiger partial charge on any atom is -0.305 e. The Bertz CT molecular complexity index is 1180. The summed E-state index contributed by atoms with van der Waals surface area (Å²) >= 11 is 0. The molecule has 2 nitrogen and oxygen atoms in total. The fourth-order valence-electron chi connectivity index (χ4n) is 4.72. The van der Waals surface area contributed by atoms with E-state index in [1.165, 1.54) is 11.1 Å². The monoisotopic (exact) mass is 625 g/mol. The van der Waals surface area contributed by atoms with Crippen LogP contribution < -0.4 is 0 Å². The Morgan fingerprint density at radius 3 is 1.71 bits per heavy atom. The van der Waals surface area contributed by atoms with Crippen molar-refractivity contribution in [2.24, 2.45) is 5.41 Å². The zero-order valence-electron chi connectivity index (χ0n) is 20.8. The van der Waals surface area contributed by atoms with Crippen LogP contribution in [0.5, 0.6) is 0 Å². The number of rotatable bonds is 2. The molecule has 0 bridgehead atoms. The van der Waals surface area contributed by atoms with Crippen molar-refractivity contribution in [1.82, 2.24) is 9.97 Å². The first-order chi connectivity index (χ1) is 15.7. The van der Waals surface area contributed by atoms with E-state index in [0.717, 1.165) is 22.5 Å². The summed E-state index contributed by atoms with van der Waals surface area (Å²) in [6.07, 6.45) is 3.63. The second-order valence-electron chi connectivity index (χ2n) is 10.3. The van der Waals surface area contributed by atoms with Gasteiger partial charge in [0.25, 0.3) is 0 Å². The number of benzene rings is 2. The van der Waals surface area contributed by atoms with Gasteiger partial charge in [0.2, 0.25) is 0 Å². The van der Waals surface area contributed by atoms with Gasteiger partial charge in [-0.15, -0.1) is 70.8 Å². The van der Waals surface area contributed by atoms with E-state index >= 15 is 0 Å². The van der Waals surface area contributed by atoms with E-state index in [9.17, 15) is 0 Å². The third kappa shape index (κ3) is 4.52. The molecule has 2 aromatic carbocycles. The van der Waals surface area contributed by atoms with Crippen molar-refractivity contribution >= 4 is 0 Å². The van der Waals surface area contributed by atoms with Crippen molar-refractivity contribution in [1.29, 1.82) is 0 Å². The Labute approximate surface area is 218 Å². The van der Waals surface area contributed by atoms with Gasteiger partial charge < -0.3 is 9.97 Å². The molecule has 34 heavy (non-hydrogen) atoms. The van der Waals surface area contributed by atoms with Gasteiger partial charge in [-0.3, -0.25) is 0 Å². The standard InChI is InChI=1S/C20H24N.C11H8N.Ir/c1-18(2)15-11-10-14(17-9-7-8-12-21-17)13-16(15)19(3,4)20(18,5)6;1-2-6-10(7-3-1)11-8-4-5-9-12-11;/h7-9,11-13H,1-6H3;1-6,8-9H;/q2*-1;. The zero-order valence-corrected chi connectivity index (χ0v) is 23.2. The van der Waals surface area contributed by atoms with Crippen LogP contribution in [0.4, 0.5) is 0 Å². The normalized spacial score (nSPS) is 16.4. The van der Waals surface area contributed by atoms with E-state index in [2.05, 4.69) is 81.8 Å². The van der Waals surface area contributed by atoms with E-state index in [1.54, 1.807) is 6.20 Å². The summed E-state index contributed by atoms with van der Waals surface area (Å²) in [7, 11) is 0. The van der Waals surface area contributed by atoms with Gasteiger partial charge in [-0.2, -0.15) is 0 Å². The first-order valence-corrected chi connectivity index (χ1v) is 11.5. The molecule has 0 atom stereocenters. The number of fused-ring (bicyclic) bond motifs is 1. The molecule has 2 heterocycles. The molecule has 1 aliphatic carbocycles. The van der Waals surface area contributed by atoms with Gasteiger partial charge >= 0.3 is 0 Å². The van der Waals surface area contributed by atoms with Crippen LogP contribution in [0.25, 0.3) is 22.5 Å². The van der Waals surface area contributed by atoms with E-state index in [1.807, 2.05) is 60.8 Å². The summed E-state index contributed by atoms with van der Waals surface area (Å²) < 4.78 is 0. The Kier molecular flexibility index (Phi) is 7.60. The summed E-state index contributed by atoms with van der Waals surface area (Å²) in [6, 6.07) is 30.8. The quantitative estimate of drug-likeness (QED) is 0.214. The predicted molar refractivity (Wildman–Crippen MR) is 137 cm³/mol. The Morgan fingerprint density at radius 2 is 1.18 bits per heavy atom. The van der Waals surface area contributed by atoms with Gasteiger partial charge in [-0.1, -0.05) is 65.8 Å². The maximum Gasteiger partial charge on any atom is 0.0160 e. The Balaban J connectivity index is 0.000000212. The molecular weight excluding hydrogens is 593 g/mol. The van der Waals surface area contributed by atoms with Crippen LogP contribution >= 0.6 is 0 Å². The van der Waals surface area contributed by atoms with Gasteiger partial charge in [-0.25, -0.2) is 0 Å². The average molecular weight is 625 g/mol. The first-order valence-electron chi connectivity index (χ1n) is 11.5. The van der Waals surface area contributed by atoms with Crippen LogP contribution in [0, 0.1) is 17.5 Å². The van der Waals surface area contributed by atoms with Gasteiger partial charge in [0.1, 0.15) is 0 Å². The maximum atomic E-state index is 4.46. The third-order valence-corrected chi connectivity index (χ3v) is 8.01. The van der Waals surface area contributed by atoms with Crippen molar-refractivity contribution in [2.75, 3.05) is 0 Å². The smallest absolute Gasteiger partial charge is 0.0160 e. The van der Waals surface area contributed by atoms with E-state index < -0.39 is 0 Å². The number of nitrogens with zero attached hydrogens (tertiary/aromatic N) is 2. The molecule has 0 saturated heterocycles. The molecule has 177 valence electrons. The van der Waals surface area contributed by atoms with Crippen LogP contribution in [0.2, 0.25) is 0 Å². The largest absolute Gasteiger partial charge is 0.305 e. The SMILES string of the molecule is CC1(C)c2c[c-]c(-c3ccccn3)cc2C(C)(C)C1(C)C.[Ir].[c-]1ccccc1-c1ccccn1. The van der Waals surface area contributed by atoms with Crippen LogP contribution in [-0.4, -0.2) is 9.97 Å². The van der Waals surface area contributed by atoms with Crippen molar-refractivity contribution < 1.29 is 20.1 Å². The minimum absolute atomic E-state index is 0. The Hall–Kier alpha value is -2.61. The molecule has 0 saturated carbocycles. The maximum absolute atomic E-state index is 4.46. The molecule has 0 aliphatic heterocycles. The van der Waals surface area contributed by atoms with E-state index in [4.69, 9.17) is 0 Å². The summed E-state index contributed by atoms with van der Waals surface area (Å²) in [5.74, 6) is 0. The summed E-state index contributed by atoms with van der Waals surface area (Å²) in [6.45, 7) is 14.2. The zero-order chi connectivity index (χ0) is 23.7. The fourth-order valence-corrected chi connectivity index (χ4v) is 4.72. The van der Waals surface area contributed by atoms with Crippen molar-refractivity contribution in [3.63, 3.8) is 0 Å². The van der Waals surface area contributed by atoms with Crippen molar-refractivity contribution in [3.8, 4) is 22.5 Å². The number of aromatic nitrogens is 2. The molecule has 3 heteroatoms.